The lowest BCUT2D eigenvalue weighted by Crippen LogP contribution is -2.21. The van der Waals surface area contributed by atoms with Gasteiger partial charge in [-0.25, -0.2) is 14.6 Å². The zero-order valence-electron chi connectivity index (χ0n) is 19.2. The predicted molar refractivity (Wildman–Crippen MR) is 128 cm³/mol. The Balaban J connectivity index is 0.000000454. The first-order valence-corrected chi connectivity index (χ1v) is 10.3. The Morgan fingerprint density at radius 3 is 2.33 bits per heavy atom. The largest absolute Gasteiger partial charge is 0.490 e. The van der Waals surface area contributed by atoms with E-state index in [1.807, 2.05) is 0 Å². The van der Waals surface area contributed by atoms with Crippen molar-refractivity contribution in [1.82, 2.24) is 15.0 Å². The number of halogens is 3. The summed E-state index contributed by atoms with van der Waals surface area (Å²) < 4.78 is 36.8. The fourth-order valence-corrected chi connectivity index (χ4v) is 3.05. The zero-order chi connectivity index (χ0) is 26.6. The molecule has 9 nitrogen and oxygen atoms in total. The zero-order valence-corrected chi connectivity index (χ0v) is 19.2. The van der Waals surface area contributed by atoms with Crippen LogP contribution in [-0.4, -0.2) is 32.2 Å². The third kappa shape index (κ3) is 6.20. The van der Waals surface area contributed by atoms with Crippen molar-refractivity contribution < 1.29 is 27.5 Å². The van der Waals surface area contributed by atoms with E-state index in [0.29, 0.717) is 34.1 Å². The first kappa shape index (κ1) is 25.8. The molecule has 4 N–H and O–H groups in total. The van der Waals surface area contributed by atoms with Gasteiger partial charge in [-0.3, -0.25) is 4.98 Å². The summed E-state index contributed by atoms with van der Waals surface area (Å²) in [5, 5.41) is 13.5. The highest BCUT2D eigenvalue weighted by molar-refractivity contribution is 5.79. The minimum Gasteiger partial charge on any atom is -0.475 e. The van der Waals surface area contributed by atoms with E-state index in [2.05, 4.69) is 64.4 Å². The SMILES string of the molecule is C#Cc1cnc(Nc2cc(C)c(C)c(C)c2)nc1Nc1ccc2oc(=O)[nH]c2c1.O=C(O)C(F)(F)F. The molecule has 0 aliphatic heterocycles. The van der Waals surface area contributed by atoms with Gasteiger partial charge in [-0.15, -0.1) is 6.42 Å². The molecule has 12 heteroatoms. The monoisotopic (exact) mass is 499 g/mol. The molecule has 2 heterocycles. The number of H-pyrrole nitrogens is 1. The van der Waals surface area contributed by atoms with Gasteiger partial charge in [0.1, 0.15) is 0 Å². The van der Waals surface area contributed by atoms with Crippen LogP contribution in [0, 0.1) is 33.1 Å². The van der Waals surface area contributed by atoms with Crippen molar-refractivity contribution in [3.8, 4) is 12.3 Å². The summed E-state index contributed by atoms with van der Waals surface area (Å²) in [6.45, 7) is 6.23. The topological polar surface area (TPSA) is 133 Å². The molecule has 0 saturated carbocycles. The number of aromatic nitrogens is 3. The number of hydrogen-bond acceptors (Lipinski definition) is 7. The quantitative estimate of drug-likeness (QED) is 0.290. The third-order valence-corrected chi connectivity index (χ3v) is 5.05. The molecule has 36 heavy (non-hydrogen) atoms. The fraction of sp³-hybridized carbons (Fsp3) is 0.167. The summed E-state index contributed by atoms with van der Waals surface area (Å²) in [7, 11) is 0. The Bertz CT molecular complexity index is 1510. The Morgan fingerprint density at radius 1 is 1.11 bits per heavy atom. The number of rotatable bonds is 4. The Morgan fingerprint density at radius 2 is 1.75 bits per heavy atom. The lowest BCUT2D eigenvalue weighted by Gasteiger charge is -2.12. The van der Waals surface area contributed by atoms with Gasteiger partial charge in [-0.05, 0) is 67.8 Å². The summed E-state index contributed by atoms with van der Waals surface area (Å²) in [4.78, 5) is 31.7. The van der Waals surface area contributed by atoms with Crippen LogP contribution in [0.2, 0.25) is 0 Å². The van der Waals surface area contributed by atoms with Crippen LogP contribution in [0.3, 0.4) is 0 Å². The minimum atomic E-state index is -5.08. The molecule has 0 spiro atoms. The number of aliphatic carboxylic acids is 1. The number of aryl methyl sites for hydroxylation is 2. The number of carbonyl (C=O) groups is 1. The summed E-state index contributed by atoms with van der Waals surface area (Å²) in [5.74, 6) is 0.229. The van der Waals surface area contributed by atoms with Gasteiger partial charge in [0.05, 0.1) is 17.3 Å². The number of carboxylic acid groups (broad SMARTS) is 1. The molecule has 4 aromatic rings. The van der Waals surface area contributed by atoms with Crippen molar-refractivity contribution >= 4 is 40.2 Å². The Kier molecular flexibility index (Phi) is 7.33. The number of alkyl halides is 3. The van der Waals surface area contributed by atoms with Crippen molar-refractivity contribution in [1.29, 1.82) is 0 Å². The van der Waals surface area contributed by atoms with Crippen LogP contribution < -0.4 is 16.4 Å². The smallest absolute Gasteiger partial charge is 0.475 e. The van der Waals surface area contributed by atoms with Gasteiger partial charge in [0, 0.05) is 11.4 Å². The average molecular weight is 499 g/mol. The second-order valence-corrected chi connectivity index (χ2v) is 7.61. The molecule has 2 aromatic heterocycles. The minimum absolute atomic E-state index is 0.423. The molecule has 186 valence electrons. The molecule has 0 fully saturated rings. The first-order valence-electron chi connectivity index (χ1n) is 10.3. The van der Waals surface area contributed by atoms with Crippen molar-refractivity contribution in [2.24, 2.45) is 0 Å². The molecule has 0 saturated heterocycles. The van der Waals surface area contributed by atoms with E-state index >= 15 is 0 Å². The number of hydrogen-bond donors (Lipinski definition) is 4. The van der Waals surface area contributed by atoms with Gasteiger partial charge in [-0.1, -0.05) is 5.92 Å². The number of oxazole rings is 1. The van der Waals surface area contributed by atoms with Gasteiger partial charge >= 0.3 is 17.9 Å². The molecule has 0 radical (unpaired) electrons. The number of nitrogens with one attached hydrogen (secondary N) is 3. The van der Waals surface area contributed by atoms with E-state index in [1.165, 1.54) is 16.7 Å². The second-order valence-electron chi connectivity index (χ2n) is 7.61. The van der Waals surface area contributed by atoms with Gasteiger partial charge in [0.15, 0.2) is 11.4 Å². The van der Waals surface area contributed by atoms with Gasteiger partial charge in [0.2, 0.25) is 5.95 Å². The van der Waals surface area contributed by atoms with Crippen LogP contribution in [0.15, 0.2) is 45.7 Å². The van der Waals surface area contributed by atoms with Crippen LogP contribution in [0.25, 0.3) is 11.1 Å². The molecule has 0 aliphatic rings. The number of fused-ring (bicyclic) bond motifs is 1. The van der Waals surface area contributed by atoms with Crippen LogP contribution in [0.1, 0.15) is 22.3 Å². The van der Waals surface area contributed by atoms with Crippen LogP contribution in [-0.2, 0) is 4.79 Å². The van der Waals surface area contributed by atoms with Crippen LogP contribution in [0.5, 0.6) is 0 Å². The fourth-order valence-electron chi connectivity index (χ4n) is 3.05. The maximum absolute atomic E-state index is 11.3. The predicted octanol–water partition coefficient (Wildman–Crippen LogP) is 4.94. The van der Waals surface area contributed by atoms with Crippen molar-refractivity contribution in [3.05, 3.63) is 69.3 Å². The molecule has 0 atom stereocenters. The lowest BCUT2D eigenvalue weighted by atomic mass is 10.0. The van der Waals surface area contributed by atoms with E-state index in [4.69, 9.17) is 20.7 Å². The number of nitrogens with zero attached hydrogens (tertiary/aromatic N) is 2. The molecule has 2 aromatic carbocycles. The van der Waals surface area contributed by atoms with Crippen molar-refractivity contribution in [3.63, 3.8) is 0 Å². The van der Waals surface area contributed by atoms with Crippen molar-refractivity contribution in [2.45, 2.75) is 26.9 Å². The first-order chi connectivity index (χ1) is 16.9. The van der Waals surface area contributed by atoms with Gasteiger partial charge in [0.25, 0.3) is 0 Å². The Labute approximate surface area is 202 Å². The van der Waals surface area contributed by atoms with E-state index in [1.54, 1.807) is 24.4 Å². The number of aromatic amines is 1. The molecule has 0 amide bonds. The highest BCUT2D eigenvalue weighted by atomic mass is 19.4. The molecule has 0 unspecified atom stereocenters. The number of anilines is 4. The molecular formula is C24H20F3N5O4. The number of benzene rings is 2. The van der Waals surface area contributed by atoms with Crippen molar-refractivity contribution in [2.75, 3.05) is 10.6 Å². The summed E-state index contributed by atoms with van der Waals surface area (Å²) >= 11 is 0. The standard InChI is InChI=1S/C22H19N5O2.C2HF3O2/c1-5-15-11-23-21(25-17-8-12(2)14(4)13(3)9-17)27-20(15)24-16-6-7-19-18(10-16)26-22(28)29-19;3-2(4,5)1(6)7/h1,6-11H,2-4H3,(H,26,28)(H2,23,24,25,27);(H,6,7). The Hall–Kier alpha value is -4.79. The maximum Gasteiger partial charge on any atom is 0.490 e. The normalized spacial score (nSPS) is 10.8. The summed E-state index contributed by atoms with van der Waals surface area (Å²) in [6, 6.07) is 9.33. The van der Waals surface area contributed by atoms with E-state index in [0.717, 1.165) is 5.69 Å². The maximum atomic E-state index is 11.3. The van der Waals surface area contributed by atoms with E-state index in [-0.39, 0.29) is 0 Å². The second kappa shape index (κ2) is 10.2. The molecular weight excluding hydrogens is 479 g/mol. The van der Waals surface area contributed by atoms with Gasteiger partial charge < -0.3 is 20.2 Å². The highest BCUT2D eigenvalue weighted by Gasteiger charge is 2.38. The van der Waals surface area contributed by atoms with Crippen LogP contribution in [0.4, 0.5) is 36.3 Å². The summed E-state index contributed by atoms with van der Waals surface area (Å²) in [5.41, 5.74) is 6.83. The van der Waals surface area contributed by atoms with Gasteiger partial charge in [-0.2, -0.15) is 18.2 Å². The van der Waals surface area contributed by atoms with E-state index < -0.39 is 17.9 Å². The number of carboxylic acids is 1. The highest BCUT2D eigenvalue weighted by Crippen LogP contribution is 2.25. The molecule has 0 aliphatic carbocycles. The average Bonchev–Trinajstić information content (AvgIpc) is 3.17. The lowest BCUT2D eigenvalue weighted by molar-refractivity contribution is -0.192. The van der Waals surface area contributed by atoms with Crippen LogP contribution >= 0.6 is 0 Å². The molecule has 4 rings (SSSR count). The van der Waals surface area contributed by atoms with E-state index in [9.17, 15) is 18.0 Å². The summed E-state index contributed by atoms with van der Waals surface area (Å²) in [6.07, 6.45) is 2.11. The number of terminal acetylenes is 1. The third-order valence-electron chi connectivity index (χ3n) is 5.05. The molecule has 0 bridgehead atoms.